The molecule has 1 N–H and O–H groups in total. The lowest BCUT2D eigenvalue weighted by atomic mass is 10.0. The van der Waals surface area contributed by atoms with Crippen LogP contribution in [0.15, 0.2) is 60.8 Å². The van der Waals surface area contributed by atoms with Gasteiger partial charge in [0.15, 0.2) is 5.65 Å². The van der Waals surface area contributed by atoms with Crippen LogP contribution in [0.3, 0.4) is 0 Å². The highest BCUT2D eigenvalue weighted by Crippen LogP contribution is 2.29. The van der Waals surface area contributed by atoms with Crippen LogP contribution in [0.2, 0.25) is 0 Å². The number of anilines is 2. The molecule has 0 spiro atoms. The van der Waals surface area contributed by atoms with Crippen molar-refractivity contribution in [1.82, 2.24) is 14.8 Å². The molecule has 2 aromatic carbocycles. The molecule has 8 nitrogen and oxygen atoms in total. The zero-order valence-corrected chi connectivity index (χ0v) is 20.7. The van der Waals surface area contributed by atoms with E-state index in [1.165, 1.54) is 4.31 Å². The van der Waals surface area contributed by atoms with Crippen LogP contribution in [0.4, 0.5) is 11.4 Å². The summed E-state index contributed by atoms with van der Waals surface area (Å²) in [4.78, 5) is 18.2. The van der Waals surface area contributed by atoms with Gasteiger partial charge in [-0.15, -0.1) is 0 Å². The second kappa shape index (κ2) is 8.81. The summed E-state index contributed by atoms with van der Waals surface area (Å²) in [6.45, 7) is 6.55. The molecule has 35 heavy (non-hydrogen) atoms. The van der Waals surface area contributed by atoms with Crippen molar-refractivity contribution in [1.29, 1.82) is 0 Å². The van der Waals surface area contributed by atoms with Crippen molar-refractivity contribution in [2.75, 3.05) is 21.9 Å². The zero-order valence-electron chi connectivity index (χ0n) is 19.9. The molecule has 4 aromatic rings. The van der Waals surface area contributed by atoms with Gasteiger partial charge in [0.25, 0.3) is 5.91 Å². The summed E-state index contributed by atoms with van der Waals surface area (Å²) >= 11 is 0. The molecule has 2 aromatic heterocycles. The van der Waals surface area contributed by atoms with E-state index in [4.69, 9.17) is 4.98 Å². The smallest absolute Gasteiger partial charge is 0.256 e. The highest BCUT2D eigenvalue weighted by Gasteiger charge is 2.28. The third-order valence-electron chi connectivity index (χ3n) is 6.16. The van der Waals surface area contributed by atoms with Gasteiger partial charge in [-0.25, -0.2) is 18.1 Å². The molecule has 1 fully saturated rings. The van der Waals surface area contributed by atoms with Crippen LogP contribution in [-0.4, -0.2) is 41.4 Å². The van der Waals surface area contributed by atoms with Gasteiger partial charge in [-0.2, -0.15) is 5.10 Å². The summed E-state index contributed by atoms with van der Waals surface area (Å²) < 4.78 is 27.6. The summed E-state index contributed by atoms with van der Waals surface area (Å²) in [5.74, 6) is -0.118. The topological polar surface area (TPSA) is 97.2 Å². The van der Waals surface area contributed by atoms with Crippen molar-refractivity contribution in [3.63, 3.8) is 0 Å². The Morgan fingerprint density at radius 1 is 1.06 bits per heavy atom. The number of carbonyl (C=O) groups is 1. The Labute approximate surface area is 204 Å². The van der Waals surface area contributed by atoms with Crippen molar-refractivity contribution in [2.24, 2.45) is 0 Å². The molecule has 0 radical (unpaired) electrons. The first-order valence-corrected chi connectivity index (χ1v) is 13.2. The molecule has 1 aliphatic rings. The highest BCUT2D eigenvalue weighted by atomic mass is 32.2. The van der Waals surface area contributed by atoms with E-state index in [0.717, 1.165) is 11.1 Å². The molecule has 1 aliphatic heterocycles. The van der Waals surface area contributed by atoms with Crippen LogP contribution >= 0.6 is 0 Å². The fraction of sp³-hybridized carbons (Fsp3) is 0.269. The Hall–Kier alpha value is -3.72. The number of nitrogens with zero attached hydrogens (tertiary/aromatic N) is 4. The molecule has 0 bridgehead atoms. The summed E-state index contributed by atoms with van der Waals surface area (Å²) in [5.41, 5.74) is 5.06. The van der Waals surface area contributed by atoms with Crippen LogP contribution in [0.1, 0.15) is 42.2 Å². The molecule has 180 valence electrons. The average Bonchev–Trinajstić information content (AvgIpc) is 3.42. The van der Waals surface area contributed by atoms with E-state index in [1.807, 2.05) is 49.7 Å². The minimum atomic E-state index is -3.25. The lowest BCUT2D eigenvalue weighted by Gasteiger charge is -2.17. The molecule has 0 unspecified atom stereocenters. The summed E-state index contributed by atoms with van der Waals surface area (Å²) in [7, 11) is -3.25. The Morgan fingerprint density at radius 3 is 2.40 bits per heavy atom. The molecule has 0 aliphatic carbocycles. The zero-order chi connectivity index (χ0) is 24.7. The monoisotopic (exact) mass is 489 g/mol. The second-order valence-corrected chi connectivity index (χ2v) is 11.1. The second-order valence-electron chi connectivity index (χ2n) is 9.08. The van der Waals surface area contributed by atoms with Crippen LogP contribution in [0.5, 0.6) is 0 Å². The normalized spacial score (nSPS) is 15.1. The molecule has 9 heteroatoms. The van der Waals surface area contributed by atoms with Gasteiger partial charge < -0.3 is 5.32 Å². The number of pyridine rings is 1. The minimum Gasteiger partial charge on any atom is -0.322 e. The number of rotatable bonds is 5. The van der Waals surface area contributed by atoms with Crippen molar-refractivity contribution >= 4 is 38.3 Å². The van der Waals surface area contributed by atoms with Gasteiger partial charge in [0.1, 0.15) is 0 Å². The largest absolute Gasteiger partial charge is 0.322 e. The number of fused-ring (bicyclic) bond motifs is 1. The van der Waals surface area contributed by atoms with E-state index < -0.39 is 10.0 Å². The first-order valence-electron chi connectivity index (χ1n) is 11.6. The van der Waals surface area contributed by atoms with Crippen molar-refractivity contribution in [2.45, 2.75) is 33.2 Å². The molecule has 5 rings (SSSR count). The average molecular weight is 490 g/mol. The van der Waals surface area contributed by atoms with Gasteiger partial charge in [-0.05, 0) is 57.5 Å². The van der Waals surface area contributed by atoms with Gasteiger partial charge in [0.05, 0.1) is 34.3 Å². The molecule has 0 saturated carbocycles. The van der Waals surface area contributed by atoms with Crippen LogP contribution < -0.4 is 9.62 Å². The minimum absolute atomic E-state index is 0.0820. The van der Waals surface area contributed by atoms with E-state index in [9.17, 15) is 13.2 Å². The molecule has 3 heterocycles. The van der Waals surface area contributed by atoms with Crippen LogP contribution in [0.25, 0.3) is 22.3 Å². The fourth-order valence-corrected chi connectivity index (χ4v) is 5.86. The number of hydrogen-bond acceptors (Lipinski definition) is 5. The number of carbonyl (C=O) groups excluding carboxylic acids is 1. The number of aromatic nitrogens is 3. The van der Waals surface area contributed by atoms with E-state index in [-0.39, 0.29) is 17.7 Å². The Balaban J connectivity index is 1.50. The maximum Gasteiger partial charge on any atom is 0.256 e. The predicted molar refractivity (Wildman–Crippen MR) is 138 cm³/mol. The van der Waals surface area contributed by atoms with Gasteiger partial charge >= 0.3 is 0 Å². The number of benzene rings is 2. The first kappa shape index (κ1) is 23.0. The van der Waals surface area contributed by atoms with Gasteiger partial charge in [0, 0.05) is 23.8 Å². The summed E-state index contributed by atoms with van der Waals surface area (Å²) in [5, 5.41) is 8.09. The van der Waals surface area contributed by atoms with E-state index >= 15 is 0 Å². The number of nitrogens with one attached hydrogen (secondary N) is 1. The molecule has 0 atom stereocenters. The maximum atomic E-state index is 13.4. The number of hydrogen-bond donors (Lipinski definition) is 1. The van der Waals surface area contributed by atoms with Crippen LogP contribution in [-0.2, 0) is 10.0 Å². The lowest BCUT2D eigenvalue weighted by molar-refractivity contribution is 0.102. The van der Waals surface area contributed by atoms with Crippen LogP contribution in [0, 0.1) is 6.92 Å². The van der Waals surface area contributed by atoms with Gasteiger partial charge in [0.2, 0.25) is 10.0 Å². The van der Waals surface area contributed by atoms with Crippen molar-refractivity contribution in [3.8, 4) is 11.3 Å². The van der Waals surface area contributed by atoms with E-state index in [2.05, 4.69) is 10.4 Å². The number of aryl methyl sites for hydroxylation is 1. The molecule has 1 saturated heterocycles. The summed E-state index contributed by atoms with van der Waals surface area (Å²) in [6, 6.07) is 16.8. The number of sulfonamides is 1. The van der Waals surface area contributed by atoms with Crippen molar-refractivity contribution < 1.29 is 13.2 Å². The lowest BCUT2D eigenvalue weighted by Crippen LogP contribution is -2.25. The Kier molecular flexibility index (Phi) is 5.80. The third-order valence-corrected chi connectivity index (χ3v) is 8.03. The quantitative estimate of drug-likeness (QED) is 0.435. The molecular weight excluding hydrogens is 462 g/mol. The highest BCUT2D eigenvalue weighted by molar-refractivity contribution is 7.93. The van der Waals surface area contributed by atoms with Crippen molar-refractivity contribution in [3.05, 3.63) is 71.9 Å². The molecular formula is C26H27N5O3S. The van der Waals surface area contributed by atoms with Gasteiger partial charge in [-0.3, -0.25) is 9.10 Å². The fourth-order valence-electron chi connectivity index (χ4n) is 4.30. The SMILES string of the molecule is Cc1ccc(-c2cc(C(=O)Nc3ccc(N4CCCS4(=O)=O)cc3)c3cnn(C(C)C)c3n2)cc1. The molecule has 1 amide bonds. The van der Waals surface area contributed by atoms with E-state index in [1.54, 1.807) is 36.5 Å². The predicted octanol–water partition coefficient (Wildman–Crippen LogP) is 4.78. The Bertz CT molecular complexity index is 1510. The third kappa shape index (κ3) is 4.39. The number of amides is 1. The summed E-state index contributed by atoms with van der Waals surface area (Å²) in [6.07, 6.45) is 2.30. The van der Waals surface area contributed by atoms with E-state index in [0.29, 0.717) is 46.6 Å². The van der Waals surface area contributed by atoms with Gasteiger partial charge in [-0.1, -0.05) is 29.8 Å². The first-order chi connectivity index (χ1) is 16.7. The Morgan fingerprint density at radius 2 is 1.77 bits per heavy atom. The maximum absolute atomic E-state index is 13.4. The standard InChI is InChI=1S/C26H27N5O3S/c1-17(2)31-25-23(16-27-31)22(15-24(29-25)19-7-5-18(3)6-8-19)26(32)28-20-9-11-21(12-10-20)30-13-4-14-35(30,33)34/h5-12,15-17H,4,13-14H2,1-3H3,(H,28,32).